The van der Waals surface area contributed by atoms with Gasteiger partial charge in [-0.1, -0.05) is 41.9 Å². The Morgan fingerprint density at radius 1 is 0.917 bits per heavy atom. The number of rotatable bonds is 5. The van der Waals surface area contributed by atoms with E-state index in [9.17, 15) is 4.39 Å². The maximum absolute atomic E-state index is 13.6. The first-order valence-corrected chi connectivity index (χ1v) is 7.99. The summed E-state index contributed by atoms with van der Waals surface area (Å²) < 4.78 is 19.4. The zero-order valence-electron chi connectivity index (χ0n) is 13.0. The summed E-state index contributed by atoms with van der Waals surface area (Å²) in [5, 5.41) is 0.486. The number of hydrogen-bond donors (Lipinski definition) is 1. The van der Waals surface area contributed by atoms with Crippen LogP contribution >= 0.6 is 11.6 Å². The van der Waals surface area contributed by atoms with E-state index in [4.69, 9.17) is 22.1 Å². The molecular formula is C20H17ClFNO. The second-order valence-electron chi connectivity index (χ2n) is 5.47. The molecule has 0 aliphatic heterocycles. The summed E-state index contributed by atoms with van der Waals surface area (Å²) in [5.41, 5.74) is 9.15. The minimum Gasteiger partial charge on any atom is -0.489 e. The first-order chi connectivity index (χ1) is 11.7. The third-order valence-corrected chi connectivity index (χ3v) is 4.02. The van der Waals surface area contributed by atoms with Crippen LogP contribution in [0, 0.1) is 5.82 Å². The van der Waals surface area contributed by atoms with Crippen molar-refractivity contribution in [3.8, 4) is 16.9 Å². The molecule has 2 N–H and O–H groups in total. The molecule has 0 heterocycles. The molecule has 0 bridgehead atoms. The van der Waals surface area contributed by atoms with E-state index in [1.165, 1.54) is 12.1 Å². The first kappa shape index (κ1) is 16.5. The van der Waals surface area contributed by atoms with Gasteiger partial charge >= 0.3 is 0 Å². The van der Waals surface area contributed by atoms with Gasteiger partial charge in [-0.15, -0.1) is 0 Å². The smallest absolute Gasteiger partial charge is 0.123 e. The van der Waals surface area contributed by atoms with Gasteiger partial charge in [0.25, 0.3) is 0 Å². The molecule has 0 amide bonds. The Bertz CT molecular complexity index is 836. The van der Waals surface area contributed by atoms with Gasteiger partial charge in [0.1, 0.15) is 18.2 Å². The highest BCUT2D eigenvalue weighted by Crippen LogP contribution is 2.32. The molecule has 0 spiro atoms. The predicted octanol–water partition coefficient (Wildman–Crippen LogP) is 5.18. The third kappa shape index (κ3) is 3.94. The van der Waals surface area contributed by atoms with Crippen LogP contribution in [0.3, 0.4) is 0 Å². The monoisotopic (exact) mass is 341 g/mol. The van der Waals surface area contributed by atoms with E-state index in [2.05, 4.69) is 0 Å². The van der Waals surface area contributed by atoms with Crippen molar-refractivity contribution in [1.29, 1.82) is 0 Å². The third-order valence-electron chi connectivity index (χ3n) is 3.69. The lowest BCUT2D eigenvalue weighted by molar-refractivity contribution is 0.306. The molecule has 0 aliphatic rings. The molecule has 122 valence electrons. The van der Waals surface area contributed by atoms with Crippen molar-refractivity contribution in [2.24, 2.45) is 5.73 Å². The van der Waals surface area contributed by atoms with Gasteiger partial charge in [-0.3, -0.25) is 0 Å². The average molecular weight is 342 g/mol. The zero-order chi connectivity index (χ0) is 16.9. The lowest BCUT2D eigenvalue weighted by Crippen LogP contribution is -2.00. The molecule has 0 aliphatic carbocycles. The number of halogens is 2. The Morgan fingerprint density at radius 3 is 2.46 bits per heavy atom. The number of benzene rings is 3. The average Bonchev–Trinajstić information content (AvgIpc) is 2.62. The van der Waals surface area contributed by atoms with Gasteiger partial charge in [-0.2, -0.15) is 0 Å². The molecule has 0 radical (unpaired) electrons. The van der Waals surface area contributed by atoms with Crippen LogP contribution in [0.4, 0.5) is 4.39 Å². The van der Waals surface area contributed by atoms with Crippen molar-refractivity contribution in [2.75, 3.05) is 0 Å². The lowest BCUT2D eigenvalue weighted by atomic mass is 10.0. The molecule has 24 heavy (non-hydrogen) atoms. The highest BCUT2D eigenvalue weighted by Gasteiger charge is 2.09. The summed E-state index contributed by atoms with van der Waals surface area (Å²) in [7, 11) is 0. The molecule has 0 unspecified atom stereocenters. The van der Waals surface area contributed by atoms with Gasteiger partial charge in [-0.05, 0) is 53.1 Å². The minimum absolute atomic E-state index is 0.334. The van der Waals surface area contributed by atoms with Crippen molar-refractivity contribution in [2.45, 2.75) is 13.2 Å². The van der Waals surface area contributed by atoms with Gasteiger partial charge in [0.2, 0.25) is 0 Å². The van der Waals surface area contributed by atoms with Crippen molar-refractivity contribution in [3.63, 3.8) is 0 Å². The van der Waals surface area contributed by atoms with Crippen molar-refractivity contribution < 1.29 is 9.13 Å². The Morgan fingerprint density at radius 2 is 1.71 bits per heavy atom. The number of nitrogens with two attached hydrogens (primary N) is 1. The minimum atomic E-state index is -0.334. The standard InChI is InChI=1S/C20H17ClFNO/c21-20-7-6-17(22)11-19(20)16-8-15(12-23)9-18(10-16)24-13-14-4-2-1-3-5-14/h1-11H,12-13,23H2. The van der Waals surface area contributed by atoms with Crippen LogP contribution in [-0.4, -0.2) is 0 Å². The number of ether oxygens (including phenoxy) is 1. The summed E-state index contributed by atoms with van der Waals surface area (Å²) in [6, 6.07) is 19.8. The van der Waals surface area contributed by atoms with E-state index < -0.39 is 0 Å². The Kier molecular flexibility index (Phi) is 5.14. The van der Waals surface area contributed by atoms with Crippen molar-refractivity contribution in [3.05, 3.63) is 88.7 Å². The van der Waals surface area contributed by atoms with Gasteiger partial charge in [-0.25, -0.2) is 4.39 Å². The van der Waals surface area contributed by atoms with E-state index in [1.807, 2.05) is 48.5 Å². The van der Waals surface area contributed by atoms with E-state index in [-0.39, 0.29) is 5.82 Å². The molecule has 0 saturated heterocycles. The SMILES string of the molecule is NCc1cc(OCc2ccccc2)cc(-c2cc(F)ccc2Cl)c1. The fourth-order valence-corrected chi connectivity index (χ4v) is 2.70. The van der Waals surface area contributed by atoms with E-state index in [1.54, 1.807) is 6.07 Å². The first-order valence-electron chi connectivity index (χ1n) is 7.62. The van der Waals surface area contributed by atoms with Crippen molar-refractivity contribution in [1.82, 2.24) is 0 Å². The summed E-state index contributed by atoms with van der Waals surface area (Å²) in [4.78, 5) is 0. The fourth-order valence-electron chi connectivity index (χ4n) is 2.48. The summed E-state index contributed by atoms with van der Waals surface area (Å²) in [5.74, 6) is 0.344. The maximum Gasteiger partial charge on any atom is 0.123 e. The molecule has 4 heteroatoms. The van der Waals surface area contributed by atoms with Crippen molar-refractivity contribution >= 4 is 11.6 Å². The molecule has 0 aromatic heterocycles. The molecular weight excluding hydrogens is 325 g/mol. The van der Waals surface area contributed by atoms with Gasteiger partial charge in [0, 0.05) is 17.1 Å². The molecule has 3 rings (SSSR count). The van der Waals surface area contributed by atoms with Crippen LogP contribution in [0.1, 0.15) is 11.1 Å². The molecule has 0 fully saturated rings. The Hall–Kier alpha value is -2.36. The van der Waals surface area contributed by atoms with Crippen LogP contribution in [0.2, 0.25) is 5.02 Å². The molecule has 3 aromatic rings. The van der Waals surface area contributed by atoms with Crippen LogP contribution in [-0.2, 0) is 13.2 Å². The molecule has 3 aromatic carbocycles. The van der Waals surface area contributed by atoms with Gasteiger partial charge in [0.05, 0.1) is 0 Å². The number of hydrogen-bond acceptors (Lipinski definition) is 2. The summed E-state index contributed by atoms with van der Waals surface area (Å²) >= 11 is 6.21. The zero-order valence-corrected chi connectivity index (χ0v) is 13.8. The summed E-state index contributed by atoms with van der Waals surface area (Å²) in [6.07, 6.45) is 0. The highest BCUT2D eigenvalue weighted by atomic mass is 35.5. The Labute approximate surface area is 145 Å². The molecule has 0 saturated carbocycles. The van der Waals surface area contributed by atoms with E-state index in [0.717, 1.165) is 16.7 Å². The van der Waals surface area contributed by atoms with Crippen LogP contribution in [0.15, 0.2) is 66.7 Å². The second kappa shape index (κ2) is 7.47. The lowest BCUT2D eigenvalue weighted by Gasteiger charge is -2.12. The quantitative estimate of drug-likeness (QED) is 0.693. The topological polar surface area (TPSA) is 35.2 Å². The molecule has 2 nitrogen and oxygen atoms in total. The van der Waals surface area contributed by atoms with Gasteiger partial charge in [0.15, 0.2) is 0 Å². The second-order valence-corrected chi connectivity index (χ2v) is 5.88. The summed E-state index contributed by atoms with van der Waals surface area (Å²) in [6.45, 7) is 0.813. The Balaban J connectivity index is 1.92. The normalized spacial score (nSPS) is 10.6. The predicted molar refractivity (Wildman–Crippen MR) is 95.5 cm³/mol. The molecule has 0 atom stereocenters. The van der Waals surface area contributed by atoms with Crippen LogP contribution in [0.5, 0.6) is 5.75 Å². The van der Waals surface area contributed by atoms with E-state index in [0.29, 0.717) is 29.5 Å². The van der Waals surface area contributed by atoms with Gasteiger partial charge < -0.3 is 10.5 Å². The van der Waals surface area contributed by atoms with E-state index >= 15 is 0 Å². The fraction of sp³-hybridized carbons (Fsp3) is 0.100. The van der Waals surface area contributed by atoms with Crippen LogP contribution in [0.25, 0.3) is 11.1 Å². The largest absolute Gasteiger partial charge is 0.489 e. The maximum atomic E-state index is 13.6. The highest BCUT2D eigenvalue weighted by molar-refractivity contribution is 6.33. The van der Waals surface area contributed by atoms with Crippen LogP contribution < -0.4 is 10.5 Å².